The zero-order valence-electron chi connectivity index (χ0n) is 11.8. The maximum absolute atomic E-state index is 10.4. The van der Waals surface area contributed by atoms with Gasteiger partial charge >= 0.3 is 0 Å². The van der Waals surface area contributed by atoms with E-state index < -0.39 is 5.60 Å². The fraction of sp³-hybridized carbons (Fsp3) is 0.583. The van der Waals surface area contributed by atoms with Gasteiger partial charge in [-0.1, -0.05) is 0 Å². The molecule has 1 aliphatic heterocycles. The molecule has 1 saturated heterocycles. The van der Waals surface area contributed by atoms with E-state index in [0.717, 1.165) is 5.39 Å². The van der Waals surface area contributed by atoms with Crippen molar-refractivity contribution in [2.45, 2.75) is 25.0 Å². The van der Waals surface area contributed by atoms with Gasteiger partial charge in [0.05, 0.1) is 11.7 Å². The first kappa shape index (κ1) is 16.1. The minimum Gasteiger partial charge on any atom is -0.403 e. The molecule has 2 aromatic rings. The molecule has 0 spiro atoms. The fourth-order valence-corrected chi connectivity index (χ4v) is 2.70. The molecular weight excluding hydrogens is 446 g/mol. The molecule has 2 unspecified atom stereocenters. The van der Waals surface area contributed by atoms with E-state index in [9.17, 15) is 5.11 Å². The van der Waals surface area contributed by atoms with Gasteiger partial charge in [0.1, 0.15) is 11.8 Å². The Labute approximate surface area is 135 Å². The molecule has 115 valence electrons. The van der Waals surface area contributed by atoms with Crippen molar-refractivity contribution in [3.05, 3.63) is 6.20 Å². The molecule has 1 fully saturated rings. The summed E-state index contributed by atoms with van der Waals surface area (Å²) in [6.07, 6.45) is 2.12. The average molecular weight is 464 g/mol. The minimum absolute atomic E-state index is 0. The Bertz CT molecular complexity index is 631. The molecular formula is C12H17N6O2Re-. The molecule has 3 heterocycles. The molecule has 0 bridgehead atoms. The molecule has 9 heteroatoms. The Morgan fingerprint density at radius 3 is 3.00 bits per heavy atom. The predicted octanol–water partition coefficient (Wildman–Crippen LogP) is -0.462. The van der Waals surface area contributed by atoms with E-state index in [4.69, 9.17) is 10.5 Å². The van der Waals surface area contributed by atoms with Gasteiger partial charge in [0.25, 0.3) is 0 Å². The Hall–Kier alpha value is -1.27. The Balaban J connectivity index is 0.00000161. The van der Waals surface area contributed by atoms with Crippen LogP contribution < -0.4 is 15.7 Å². The number of aliphatic hydroxyl groups is 1. The van der Waals surface area contributed by atoms with Crippen LogP contribution in [0.25, 0.3) is 11.0 Å². The molecule has 0 amide bonds. The normalized spacial score (nSPS) is 25.9. The first-order chi connectivity index (χ1) is 9.48. The number of aromatic nitrogens is 4. The molecule has 21 heavy (non-hydrogen) atoms. The summed E-state index contributed by atoms with van der Waals surface area (Å²) in [6.45, 7) is 2.86. The molecule has 0 saturated carbocycles. The number of piperidine rings is 1. The largest absolute Gasteiger partial charge is 0.403 e. The molecule has 2 atom stereocenters. The smallest absolute Gasteiger partial charge is 0.139 e. The van der Waals surface area contributed by atoms with Crippen LogP contribution in [0, 0.1) is 0 Å². The molecule has 8 nitrogen and oxygen atoms in total. The predicted molar refractivity (Wildman–Crippen MR) is 73.3 cm³/mol. The van der Waals surface area contributed by atoms with Crippen LogP contribution in [0.2, 0.25) is 0 Å². The number of nitrogens with two attached hydrogens (primary N) is 1. The molecule has 1 aliphatic rings. The monoisotopic (exact) mass is 464 g/mol. The summed E-state index contributed by atoms with van der Waals surface area (Å²) in [5, 5.41) is 18.9. The van der Waals surface area contributed by atoms with Crippen molar-refractivity contribution in [3.63, 3.8) is 0 Å². The SMILES string of the molecule is COC1CN(c2nc(N)nc3[n-]ncc23)CC(C)(O)C1.[Re]. The van der Waals surface area contributed by atoms with Crippen molar-refractivity contribution in [1.29, 1.82) is 0 Å². The second-order valence-electron chi connectivity index (χ2n) is 5.43. The molecule has 0 aliphatic carbocycles. The summed E-state index contributed by atoms with van der Waals surface area (Å²) in [4.78, 5) is 10.3. The van der Waals surface area contributed by atoms with Crippen molar-refractivity contribution in [1.82, 2.24) is 20.2 Å². The van der Waals surface area contributed by atoms with Crippen LogP contribution in [0.15, 0.2) is 6.20 Å². The second kappa shape index (κ2) is 5.85. The Morgan fingerprint density at radius 1 is 1.52 bits per heavy atom. The number of hydrogen-bond donors (Lipinski definition) is 2. The summed E-state index contributed by atoms with van der Waals surface area (Å²) in [7, 11) is 1.64. The van der Waals surface area contributed by atoms with Gasteiger partial charge in [-0.05, 0) is 12.6 Å². The summed E-state index contributed by atoms with van der Waals surface area (Å²) in [5.74, 6) is 0.784. The number of methoxy groups -OCH3 is 1. The molecule has 3 rings (SSSR count). The van der Waals surface area contributed by atoms with Crippen molar-refractivity contribution in [3.8, 4) is 0 Å². The van der Waals surface area contributed by atoms with E-state index in [1.54, 1.807) is 20.2 Å². The van der Waals surface area contributed by atoms with Crippen LogP contribution in [0.3, 0.4) is 0 Å². The summed E-state index contributed by atoms with van der Waals surface area (Å²) in [6, 6.07) is 0. The van der Waals surface area contributed by atoms with Crippen LogP contribution in [0.5, 0.6) is 0 Å². The molecule has 2 aromatic heterocycles. The van der Waals surface area contributed by atoms with Gasteiger partial charge in [0.15, 0.2) is 0 Å². The maximum Gasteiger partial charge on any atom is 0.139 e. The third kappa shape index (κ3) is 3.16. The van der Waals surface area contributed by atoms with Crippen LogP contribution in [0.4, 0.5) is 11.8 Å². The van der Waals surface area contributed by atoms with Gasteiger partial charge in [0, 0.05) is 58.6 Å². The van der Waals surface area contributed by atoms with Crippen LogP contribution in [-0.4, -0.2) is 52.1 Å². The Kier molecular flexibility index (Phi) is 4.49. The van der Waals surface area contributed by atoms with E-state index >= 15 is 0 Å². The summed E-state index contributed by atoms with van der Waals surface area (Å²) in [5.41, 5.74) is 5.33. The van der Waals surface area contributed by atoms with Gasteiger partial charge in [0.2, 0.25) is 0 Å². The van der Waals surface area contributed by atoms with E-state index in [0.29, 0.717) is 31.0 Å². The third-order valence-corrected chi connectivity index (χ3v) is 3.52. The number of rotatable bonds is 2. The van der Waals surface area contributed by atoms with Gasteiger partial charge in [-0.2, -0.15) is 0 Å². The van der Waals surface area contributed by atoms with E-state index in [1.165, 1.54) is 0 Å². The van der Waals surface area contributed by atoms with Gasteiger partial charge in [-0.3, -0.25) is 5.10 Å². The molecule has 3 N–H and O–H groups in total. The number of anilines is 2. The Morgan fingerprint density at radius 2 is 2.29 bits per heavy atom. The number of fused-ring (bicyclic) bond motifs is 1. The van der Waals surface area contributed by atoms with Crippen molar-refractivity contribution in [2.75, 3.05) is 30.8 Å². The number of ether oxygens (including phenoxy) is 1. The van der Waals surface area contributed by atoms with Crippen LogP contribution >= 0.6 is 0 Å². The zero-order chi connectivity index (χ0) is 14.3. The average Bonchev–Trinajstić information content (AvgIpc) is 2.83. The molecule has 1 radical (unpaired) electrons. The minimum atomic E-state index is -0.849. The standard InChI is InChI=1S/C12H17N6O2.Re/c1-12(19)3-7(20-2)5-18(6-12)10-8-4-14-17-9(8)15-11(13)16-10;/h4,7,19H,3,5-6H2,1-2H3,(H2-,13,14,15,16,17);/q-1;. The number of nitrogen functional groups attached to an aromatic ring is 1. The van der Waals surface area contributed by atoms with E-state index in [1.807, 2.05) is 4.90 Å². The van der Waals surface area contributed by atoms with Crippen molar-refractivity contribution < 1.29 is 30.3 Å². The van der Waals surface area contributed by atoms with Crippen molar-refractivity contribution >= 4 is 22.8 Å². The van der Waals surface area contributed by atoms with Crippen molar-refractivity contribution in [2.24, 2.45) is 0 Å². The molecule has 0 aromatic carbocycles. The van der Waals surface area contributed by atoms with Crippen LogP contribution in [-0.2, 0) is 25.2 Å². The first-order valence-electron chi connectivity index (χ1n) is 6.40. The third-order valence-electron chi connectivity index (χ3n) is 3.52. The number of hydrogen-bond acceptors (Lipinski definition) is 7. The topological polar surface area (TPSA) is 111 Å². The number of nitrogens with zero attached hydrogens (tertiary/aromatic N) is 5. The van der Waals surface area contributed by atoms with Crippen LogP contribution in [0.1, 0.15) is 13.3 Å². The van der Waals surface area contributed by atoms with Gasteiger partial charge in [-0.15, -0.1) is 0 Å². The quantitative estimate of drug-likeness (QED) is 0.616. The fourth-order valence-electron chi connectivity index (χ4n) is 2.70. The van der Waals surface area contributed by atoms with E-state index in [-0.39, 0.29) is 32.5 Å². The van der Waals surface area contributed by atoms with Gasteiger partial charge in [-0.25, -0.2) is 4.98 Å². The second-order valence-corrected chi connectivity index (χ2v) is 5.43. The summed E-state index contributed by atoms with van der Waals surface area (Å²) < 4.78 is 5.39. The zero-order valence-corrected chi connectivity index (χ0v) is 14.5. The first-order valence-corrected chi connectivity index (χ1v) is 6.40. The van der Waals surface area contributed by atoms with Gasteiger partial charge < -0.3 is 30.6 Å². The van der Waals surface area contributed by atoms with E-state index in [2.05, 4.69) is 20.2 Å². The summed E-state index contributed by atoms with van der Waals surface area (Å²) >= 11 is 0. The number of β-amino-alcohol motifs (C(OH)–C–C–N with tert-alkyl or cyclic N) is 1. The maximum atomic E-state index is 10.4.